The van der Waals surface area contributed by atoms with Crippen molar-refractivity contribution in [1.29, 1.82) is 0 Å². The number of carbonyl (C=O) groups is 1. The van der Waals surface area contributed by atoms with E-state index < -0.39 is 5.60 Å². The quantitative estimate of drug-likeness (QED) is 0.592. The van der Waals surface area contributed by atoms with Gasteiger partial charge in [0.25, 0.3) is 0 Å². The van der Waals surface area contributed by atoms with Crippen molar-refractivity contribution in [1.82, 2.24) is 5.32 Å². The number of carbonyl (C=O) groups excluding carboxylic acids is 1. The molecule has 1 rings (SSSR count). The molecule has 4 nitrogen and oxygen atoms in total. The lowest BCUT2D eigenvalue weighted by Gasteiger charge is -2.23. The average Bonchev–Trinajstić information content (AvgIpc) is 2.59. The van der Waals surface area contributed by atoms with Crippen LogP contribution in [0.4, 0.5) is 0 Å². The van der Waals surface area contributed by atoms with Gasteiger partial charge in [-0.25, -0.2) is 0 Å². The first-order valence-corrected chi connectivity index (χ1v) is 6.76. The molecule has 0 saturated carbocycles. The van der Waals surface area contributed by atoms with Gasteiger partial charge in [-0.3, -0.25) is 4.79 Å². The van der Waals surface area contributed by atoms with Gasteiger partial charge in [0.1, 0.15) is 5.60 Å². The Labute approximate surface area is 114 Å². The van der Waals surface area contributed by atoms with Gasteiger partial charge >= 0.3 is 5.97 Å². The summed E-state index contributed by atoms with van der Waals surface area (Å²) in [6, 6.07) is 0. The van der Waals surface area contributed by atoms with Crippen molar-refractivity contribution in [3.63, 3.8) is 0 Å². The maximum atomic E-state index is 11.8. The Hall–Kier alpha value is -1.10. The van der Waals surface area contributed by atoms with E-state index in [9.17, 15) is 4.79 Å². The van der Waals surface area contributed by atoms with E-state index in [2.05, 4.69) is 12.2 Å². The SMILES string of the molecule is CCCCC1CC(C)(C(C)=CNC(N)=S)OC1=O. The van der Waals surface area contributed by atoms with E-state index in [0.29, 0.717) is 0 Å². The molecule has 5 heteroatoms. The molecule has 0 radical (unpaired) electrons. The van der Waals surface area contributed by atoms with Gasteiger partial charge in [0.05, 0.1) is 5.92 Å². The molecule has 1 aliphatic heterocycles. The lowest BCUT2D eigenvalue weighted by atomic mass is 9.87. The smallest absolute Gasteiger partial charge is 0.309 e. The van der Waals surface area contributed by atoms with Crippen molar-refractivity contribution in [2.24, 2.45) is 11.7 Å². The third-order valence-electron chi connectivity index (χ3n) is 3.47. The molecule has 1 fully saturated rings. The molecule has 18 heavy (non-hydrogen) atoms. The highest BCUT2D eigenvalue weighted by molar-refractivity contribution is 7.80. The van der Waals surface area contributed by atoms with Crippen LogP contribution in [0.3, 0.4) is 0 Å². The molecule has 1 saturated heterocycles. The van der Waals surface area contributed by atoms with E-state index in [4.69, 9.17) is 22.7 Å². The van der Waals surface area contributed by atoms with Crippen LogP contribution >= 0.6 is 12.2 Å². The van der Waals surface area contributed by atoms with E-state index in [1.807, 2.05) is 13.8 Å². The summed E-state index contributed by atoms with van der Waals surface area (Å²) in [5, 5.41) is 2.99. The molecule has 1 heterocycles. The number of nitrogens with one attached hydrogen (secondary N) is 1. The van der Waals surface area contributed by atoms with Crippen molar-refractivity contribution in [3.8, 4) is 0 Å². The first kappa shape index (κ1) is 15.0. The van der Waals surface area contributed by atoms with Crippen molar-refractivity contribution in [3.05, 3.63) is 11.8 Å². The predicted molar refractivity (Wildman–Crippen MR) is 75.8 cm³/mol. The molecular weight excluding hydrogens is 248 g/mol. The second kappa shape index (κ2) is 6.18. The second-order valence-electron chi connectivity index (χ2n) is 5.03. The number of ether oxygens (including phenoxy) is 1. The van der Waals surface area contributed by atoms with Gasteiger partial charge in [0.2, 0.25) is 0 Å². The van der Waals surface area contributed by atoms with Crippen LogP contribution in [0.15, 0.2) is 11.8 Å². The molecule has 2 unspecified atom stereocenters. The topological polar surface area (TPSA) is 64.3 Å². The van der Waals surface area contributed by atoms with Crippen molar-refractivity contribution in [2.45, 2.75) is 52.1 Å². The van der Waals surface area contributed by atoms with Crippen LogP contribution in [-0.2, 0) is 9.53 Å². The molecule has 0 aromatic heterocycles. The standard InChI is InChI=1S/C13H22N2O2S/c1-4-5-6-10-7-13(3,17-11(10)16)9(2)8-15-12(14)18/h8,10H,4-7H2,1-3H3,(H3,14,15,18). The molecule has 0 aromatic rings. The summed E-state index contributed by atoms with van der Waals surface area (Å²) in [4.78, 5) is 11.8. The number of thiocarbonyl (C=S) groups is 1. The number of cyclic esters (lactones) is 1. The number of rotatable bonds is 5. The van der Waals surface area contributed by atoms with Crippen molar-refractivity contribution >= 4 is 23.3 Å². The Bertz CT molecular complexity index is 368. The zero-order valence-corrected chi connectivity index (χ0v) is 12.1. The normalized spacial score (nSPS) is 28.1. The second-order valence-corrected chi connectivity index (χ2v) is 5.47. The van der Waals surface area contributed by atoms with Crippen molar-refractivity contribution < 1.29 is 9.53 Å². The largest absolute Gasteiger partial charge is 0.455 e. The molecule has 0 aliphatic carbocycles. The number of unbranched alkanes of at least 4 members (excludes halogenated alkanes) is 1. The predicted octanol–water partition coefficient (Wildman–Crippen LogP) is 2.24. The van der Waals surface area contributed by atoms with Crippen LogP contribution in [0.1, 0.15) is 46.5 Å². The van der Waals surface area contributed by atoms with E-state index in [-0.39, 0.29) is 17.0 Å². The van der Waals surface area contributed by atoms with Gasteiger partial charge in [-0.2, -0.15) is 0 Å². The third-order valence-corrected chi connectivity index (χ3v) is 3.58. The summed E-state index contributed by atoms with van der Waals surface area (Å²) in [6.45, 7) is 5.97. The molecule has 3 N–H and O–H groups in total. The van der Waals surface area contributed by atoms with Crippen LogP contribution < -0.4 is 11.1 Å². The fourth-order valence-corrected chi connectivity index (χ4v) is 2.20. The molecule has 2 atom stereocenters. The molecule has 1 aliphatic rings. The van der Waals surface area contributed by atoms with E-state index in [1.54, 1.807) is 6.20 Å². The van der Waals surface area contributed by atoms with E-state index in [0.717, 1.165) is 31.3 Å². The third kappa shape index (κ3) is 3.70. The maximum Gasteiger partial charge on any atom is 0.309 e. The lowest BCUT2D eigenvalue weighted by Crippen LogP contribution is -2.30. The summed E-state index contributed by atoms with van der Waals surface area (Å²) in [5.41, 5.74) is 5.77. The summed E-state index contributed by atoms with van der Waals surface area (Å²) in [5.74, 6) is -0.0721. The minimum Gasteiger partial charge on any atom is -0.455 e. The Morgan fingerprint density at radius 1 is 1.72 bits per heavy atom. The maximum absolute atomic E-state index is 11.8. The molecule has 0 spiro atoms. The first-order chi connectivity index (χ1) is 8.39. The number of nitrogens with two attached hydrogens (primary N) is 1. The zero-order valence-electron chi connectivity index (χ0n) is 11.3. The lowest BCUT2D eigenvalue weighted by molar-refractivity contribution is -0.147. The number of esters is 1. The Kier molecular flexibility index (Phi) is 5.14. The highest BCUT2D eigenvalue weighted by Gasteiger charge is 2.43. The summed E-state index contributed by atoms with van der Waals surface area (Å²) in [7, 11) is 0. The van der Waals surface area contributed by atoms with Crippen LogP contribution in [-0.4, -0.2) is 16.7 Å². The van der Waals surface area contributed by atoms with Gasteiger partial charge in [-0.1, -0.05) is 19.8 Å². The van der Waals surface area contributed by atoms with Gasteiger partial charge < -0.3 is 15.8 Å². The van der Waals surface area contributed by atoms with Crippen LogP contribution in [0.5, 0.6) is 0 Å². The zero-order chi connectivity index (χ0) is 13.8. The molecule has 0 bridgehead atoms. The summed E-state index contributed by atoms with van der Waals surface area (Å²) < 4.78 is 5.52. The highest BCUT2D eigenvalue weighted by atomic mass is 32.1. The molecular formula is C13H22N2O2S. The fourth-order valence-electron chi connectivity index (χ4n) is 2.14. The van der Waals surface area contributed by atoms with Gasteiger partial charge in [-0.05, 0) is 38.1 Å². The van der Waals surface area contributed by atoms with Gasteiger partial charge in [-0.15, -0.1) is 0 Å². The fraction of sp³-hybridized carbons (Fsp3) is 0.692. The molecule has 0 aromatic carbocycles. The monoisotopic (exact) mass is 270 g/mol. The van der Waals surface area contributed by atoms with Crippen molar-refractivity contribution in [2.75, 3.05) is 0 Å². The minimum absolute atomic E-state index is 0.0168. The first-order valence-electron chi connectivity index (χ1n) is 6.35. The van der Waals surface area contributed by atoms with Gasteiger partial charge in [0.15, 0.2) is 5.11 Å². The van der Waals surface area contributed by atoms with E-state index in [1.165, 1.54) is 0 Å². The molecule has 102 valence electrons. The molecule has 0 amide bonds. The Morgan fingerprint density at radius 3 is 2.94 bits per heavy atom. The van der Waals surface area contributed by atoms with Crippen LogP contribution in [0, 0.1) is 5.92 Å². The van der Waals surface area contributed by atoms with Gasteiger partial charge in [0, 0.05) is 12.6 Å². The van der Waals surface area contributed by atoms with Crippen LogP contribution in [0.2, 0.25) is 0 Å². The Balaban J connectivity index is 2.68. The summed E-state index contributed by atoms with van der Waals surface area (Å²) in [6.07, 6.45) is 5.51. The average molecular weight is 270 g/mol. The number of hydrogen-bond acceptors (Lipinski definition) is 3. The van der Waals surface area contributed by atoms with E-state index >= 15 is 0 Å². The minimum atomic E-state index is -0.534. The summed E-state index contributed by atoms with van der Waals surface area (Å²) >= 11 is 4.74. The number of hydrogen-bond donors (Lipinski definition) is 2. The highest BCUT2D eigenvalue weighted by Crippen LogP contribution is 2.38. The Morgan fingerprint density at radius 2 is 2.39 bits per heavy atom. The van der Waals surface area contributed by atoms with Crippen LogP contribution in [0.25, 0.3) is 0 Å².